The molecule has 0 atom stereocenters. The van der Waals surface area contributed by atoms with Crippen LogP contribution in [0.5, 0.6) is 11.8 Å². The highest BCUT2D eigenvalue weighted by atomic mass is 16.5. The second-order valence-electron chi connectivity index (χ2n) is 2.75. The predicted octanol–water partition coefficient (Wildman–Crippen LogP) is 0.392. The number of aromatic nitrogens is 2. The van der Waals surface area contributed by atoms with Gasteiger partial charge in [-0.1, -0.05) is 0 Å². The van der Waals surface area contributed by atoms with Crippen LogP contribution >= 0.6 is 0 Å². The first-order valence-corrected chi connectivity index (χ1v) is 4.43. The van der Waals surface area contributed by atoms with Gasteiger partial charge in [0.15, 0.2) is 0 Å². The van der Waals surface area contributed by atoms with Gasteiger partial charge in [-0.3, -0.25) is 0 Å². The quantitative estimate of drug-likeness (QED) is 0.692. The summed E-state index contributed by atoms with van der Waals surface area (Å²) in [4.78, 5) is 8.16. The molecule has 1 N–H and O–H groups in total. The Labute approximate surface area is 83.5 Å². The van der Waals surface area contributed by atoms with Crippen molar-refractivity contribution in [1.82, 2.24) is 15.3 Å². The number of nitrogens with zero attached hydrogens (tertiary/aromatic N) is 2. The van der Waals surface area contributed by atoms with Crippen molar-refractivity contribution in [2.75, 3.05) is 27.3 Å². The molecule has 78 valence electrons. The van der Waals surface area contributed by atoms with Crippen molar-refractivity contribution in [3.8, 4) is 11.8 Å². The molecule has 0 aliphatic carbocycles. The molecule has 14 heavy (non-hydrogen) atoms. The molecule has 0 spiro atoms. The summed E-state index contributed by atoms with van der Waals surface area (Å²) in [5, 5.41) is 2.98. The average Bonchev–Trinajstić information content (AvgIpc) is 2.17. The third-order valence-corrected chi connectivity index (χ3v) is 1.60. The molecule has 1 aromatic rings. The van der Waals surface area contributed by atoms with Gasteiger partial charge in [0.05, 0.1) is 13.2 Å². The standard InChI is InChI=1S/C9H15N3O2/c1-7-11-8(13-3)6-9(12-7)14-5-4-10-2/h6,10H,4-5H2,1-3H3. The summed E-state index contributed by atoms with van der Waals surface area (Å²) in [5.41, 5.74) is 0. The topological polar surface area (TPSA) is 56.3 Å². The molecule has 0 aromatic carbocycles. The van der Waals surface area contributed by atoms with Crippen molar-refractivity contribution in [3.05, 3.63) is 11.9 Å². The Kier molecular flexibility index (Phi) is 4.12. The third kappa shape index (κ3) is 3.18. The molecule has 0 amide bonds. The molecule has 5 heteroatoms. The molecular formula is C9H15N3O2. The van der Waals surface area contributed by atoms with E-state index < -0.39 is 0 Å². The van der Waals surface area contributed by atoms with E-state index in [0.717, 1.165) is 6.54 Å². The minimum atomic E-state index is 0.525. The Morgan fingerprint density at radius 3 is 2.71 bits per heavy atom. The Hall–Kier alpha value is -1.36. The number of hydrogen-bond donors (Lipinski definition) is 1. The number of ether oxygens (including phenoxy) is 2. The Bertz CT molecular complexity index is 291. The van der Waals surface area contributed by atoms with E-state index in [4.69, 9.17) is 9.47 Å². The van der Waals surface area contributed by atoms with Gasteiger partial charge in [0.1, 0.15) is 12.4 Å². The molecule has 0 fully saturated rings. The molecule has 0 saturated carbocycles. The van der Waals surface area contributed by atoms with E-state index in [2.05, 4.69) is 15.3 Å². The number of hydrogen-bond acceptors (Lipinski definition) is 5. The number of likely N-dealkylation sites (N-methyl/N-ethyl adjacent to an activating group) is 1. The summed E-state index contributed by atoms with van der Waals surface area (Å²) in [6, 6.07) is 1.67. The molecule has 5 nitrogen and oxygen atoms in total. The van der Waals surface area contributed by atoms with Crippen LogP contribution in [0.3, 0.4) is 0 Å². The second-order valence-corrected chi connectivity index (χ2v) is 2.75. The lowest BCUT2D eigenvalue weighted by molar-refractivity contribution is 0.300. The van der Waals surface area contributed by atoms with Crippen LogP contribution in [-0.4, -0.2) is 37.3 Å². The maximum Gasteiger partial charge on any atom is 0.220 e. The molecule has 0 radical (unpaired) electrons. The first-order valence-electron chi connectivity index (χ1n) is 4.43. The highest BCUT2D eigenvalue weighted by Crippen LogP contribution is 2.14. The van der Waals surface area contributed by atoms with Gasteiger partial charge < -0.3 is 14.8 Å². The van der Waals surface area contributed by atoms with Gasteiger partial charge in [0.2, 0.25) is 11.8 Å². The first kappa shape index (κ1) is 10.7. The summed E-state index contributed by atoms with van der Waals surface area (Å²) in [6.45, 7) is 3.16. The minimum absolute atomic E-state index is 0.525. The Morgan fingerprint density at radius 1 is 1.36 bits per heavy atom. The van der Waals surface area contributed by atoms with Crippen LogP contribution in [0.15, 0.2) is 6.07 Å². The van der Waals surface area contributed by atoms with Gasteiger partial charge in [-0.05, 0) is 14.0 Å². The van der Waals surface area contributed by atoms with Crippen LogP contribution in [0.25, 0.3) is 0 Å². The van der Waals surface area contributed by atoms with Crippen molar-refractivity contribution in [3.63, 3.8) is 0 Å². The fraction of sp³-hybridized carbons (Fsp3) is 0.556. The van der Waals surface area contributed by atoms with Gasteiger partial charge in [-0.25, -0.2) is 0 Å². The maximum absolute atomic E-state index is 5.38. The molecular weight excluding hydrogens is 182 g/mol. The highest BCUT2D eigenvalue weighted by molar-refractivity contribution is 5.20. The molecule has 0 saturated heterocycles. The zero-order valence-electron chi connectivity index (χ0n) is 8.70. The molecule has 0 aliphatic rings. The maximum atomic E-state index is 5.38. The summed E-state index contributed by atoms with van der Waals surface area (Å²) in [6.07, 6.45) is 0. The van der Waals surface area contributed by atoms with Crippen LogP contribution in [0.2, 0.25) is 0 Å². The summed E-state index contributed by atoms with van der Waals surface area (Å²) in [5.74, 6) is 1.71. The van der Waals surface area contributed by atoms with Gasteiger partial charge >= 0.3 is 0 Å². The average molecular weight is 197 g/mol. The van der Waals surface area contributed by atoms with E-state index in [9.17, 15) is 0 Å². The first-order chi connectivity index (χ1) is 6.76. The van der Waals surface area contributed by atoms with Crippen LogP contribution in [0, 0.1) is 6.92 Å². The zero-order chi connectivity index (χ0) is 10.4. The summed E-state index contributed by atoms with van der Waals surface area (Å²) >= 11 is 0. The minimum Gasteiger partial charge on any atom is -0.481 e. The summed E-state index contributed by atoms with van der Waals surface area (Å²) < 4.78 is 10.4. The van der Waals surface area contributed by atoms with E-state index >= 15 is 0 Å². The van der Waals surface area contributed by atoms with Crippen molar-refractivity contribution in [2.45, 2.75) is 6.92 Å². The number of rotatable bonds is 5. The fourth-order valence-electron chi connectivity index (χ4n) is 0.950. The fourth-order valence-corrected chi connectivity index (χ4v) is 0.950. The zero-order valence-corrected chi connectivity index (χ0v) is 8.70. The van der Waals surface area contributed by atoms with E-state index in [1.54, 1.807) is 20.1 Å². The predicted molar refractivity (Wildman–Crippen MR) is 52.7 cm³/mol. The molecule has 0 unspecified atom stereocenters. The second kappa shape index (κ2) is 5.39. The lowest BCUT2D eigenvalue weighted by atomic mass is 10.5. The lowest BCUT2D eigenvalue weighted by Gasteiger charge is -2.06. The van der Waals surface area contributed by atoms with Gasteiger partial charge in [0.25, 0.3) is 0 Å². The number of methoxy groups -OCH3 is 1. The molecule has 1 rings (SSSR count). The van der Waals surface area contributed by atoms with E-state index in [1.165, 1.54) is 0 Å². The third-order valence-electron chi connectivity index (χ3n) is 1.60. The van der Waals surface area contributed by atoms with Crippen molar-refractivity contribution in [2.24, 2.45) is 0 Å². The van der Waals surface area contributed by atoms with E-state index in [0.29, 0.717) is 24.2 Å². The molecule has 1 aromatic heterocycles. The van der Waals surface area contributed by atoms with Crippen molar-refractivity contribution in [1.29, 1.82) is 0 Å². The highest BCUT2D eigenvalue weighted by Gasteiger charge is 2.01. The van der Waals surface area contributed by atoms with Crippen LogP contribution in [0.4, 0.5) is 0 Å². The largest absolute Gasteiger partial charge is 0.481 e. The van der Waals surface area contributed by atoms with Crippen LogP contribution in [0.1, 0.15) is 5.82 Å². The smallest absolute Gasteiger partial charge is 0.220 e. The molecule has 0 aliphatic heterocycles. The summed E-state index contributed by atoms with van der Waals surface area (Å²) in [7, 11) is 3.44. The number of nitrogens with one attached hydrogen (secondary N) is 1. The number of aryl methyl sites for hydroxylation is 1. The van der Waals surface area contributed by atoms with Gasteiger partial charge in [-0.2, -0.15) is 9.97 Å². The van der Waals surface area contributed by atoms with Gasteiger partial charge in [0, 0.05) is 6.54 Å². The normalized spacial score (nSPS) is 9.93. The van der Waals surface area contributed by atoms with Gasteiger partial charge in [-0.15, -0.1) is 0 Å². The monoisotopic (exact) mass is 197 g/mol. The SMILES string of the molecule is CNCCOc1cc(OC)nc(C)n1. The van der Waals surface area contributed by atoms with Crippen LogP contribution in [-0.2, 0) is 0 Å². The van der Waals surface area contributed by atoms with E-state index in [1.807, 2.05) is 7.05 Å². The Balaban J connectivity index is 2.62. The van der Waals surface area contributed by atoms with Crippen LogP contribution < -0.4 is 14.8 Å². The Morgan fingerprint density at radius 2 is 2.07 bits per heavy atom. The van der Waals surface area contributed by atoms with E-state index in [-0.39, 0.29) is 0 Å². The van der Waals surface area contributed by atoms with Crippen molar-refractivity contribution >= 4 is 0 Å². The molecule has 0 bridgehead atoms. The van der Waals surface area contributed by atoms with Crippen molar-refractivity contribution < 1.29 is 9.47 Å². The lowest BCUT2D eigenvalue weighted by Crippen LogP contribution is -2.16. The molecule has 1 heterocycles.